The maximum absolute atomic E-state index is 12.0. The van der Waals surface area contributed by atoms with E-state index in [1.807, 2.05) is 36.4 Å². The first-order valence-corrected chi connectivity index (χ1v) is 8.44. The van der Waals surface area contributed by atoms with Crippen LogP contribution in [0.5, 0.6) is 0 Å². The van der Waals surface area contributed by atoms with E-state index in [0.717, 1.165) is 37.3 Å². The number of rotatable bonds is 4. The Kier molecular flexibility index (Phi) is 4.39. The third kappa shape index (κ3) is 3.36. The summed E-state index contributed by atoms with van der Waals surface area (Å²) in [6, 6.07) is 11.5. The zero-order valence-electron chi connectivity index (χ0n) is 13.8. The summed E-state index contributed by atoms with van der Waals surface area (Å²) in [6.07, 6.45) is 5.54. The molecule has 0 unspecified atom stereocenters. The monoisotopic (exact) mass is 337 g/mol. The number of benzene rings is 1. The molecule has 1 fully saturated rings. The Morgan fingerprint density at radius 1 is 1.08 bits per heavy atom. The van der Waals surface area contributed by atoms with Crippen molar-refractivity contribution in [3.05, 3.63) is 65.5 Å². The molecule has 0 atom stereocenters. The second-order valence-corrected chi connectivity index (χ2v) is 6.25. The lowest BCUT2D eigenvalue weighted by atomic mass is 9.95. The minimum Gasteiger partial charge on any atom is -0.359 e. The van der Waals surface area contributed by atoms with Gasteiger partial charge < -0.3 is 5.21 Å². The van der Waals surface area contributed by atoms with Crippen molar-refractivity contribution in [1.82, 2.24) is 20.0 Å². The molecule has 3 heterocycles. The molecule has 1 aliphatic heterocycles. The molecule has 0 spiro atoms. The molecule has 4 rings (SSSR count). The van der Waals surface area contributed by atoms with Gasteiger partial charge in [0, 0.05) is 29.0 Å². The molecule has 0 bridgehead atoms. The summed E-state index contributed by atoms with van der Waals surface area (Å²) in [5, 5.41) is 16.0. The average molecular weight is 337 g/mol. The molecule has 0 saturated carbocycles. The van der Waals surface area contributed by atoms with Crippen molar-refractivity contribution in [3.8, 4) is 11.3 Å². The quantitative estimate of drug-likeness (QED) is 0.679. The minimum absolute atomic E-state index is 0.382. The van der Waals surface area contributed by atoms with Crippen molar-refractivity contribution in [2.24, 2.45) is 0 Å². The number of aromatic nitrogens is 4. The molecular formula is C18H19N5O2. The lowest BCUT2D eigenvalue weighted by molar-refractivity contribution is -0.808. The second kappa shape index (κ2) is 6.98. The van der Waals surface area contributed by atoms with Crippen molar-refractivity contribution >= 4 is 0 Å². The van der Waals surface area contributed by atoms with E-state index in [1.54, 1.807) is 12.4 Å². The van der Waals surface area contributed by atoms with E-state index < -0.39 is 0 Å². The van der Waals surface area contributed by atoms with Crippen LogP contribution in [0.4, 0.5) is 0 Å². The zero-order chi connectivity index (χ0) is 17.1. The predicted octanol–water partition coefficient (Wildman–Crippen LogP) is 2.14. The Hall–Kier alpha value is -2.80. The minimum atomic E-state index is 0.382. The van der Waals surface area contributed by atoms with Gasteiger partial charge in [0.05, 0.1) is 6.54 Å². The zero-order valence-corrected chi connectivity index (χ0v) is 13.8. The molecule has 0 aliphatic carbocycles. The van der Waals surface area contributed by atoms with Crippen LogP contribution in [-0.4, -0.2) is 33.1 Å². The van der Waals surface area contributed by atoms with Crippen LogP contribution < -0.4 is 4.90 Å². The van der Waals surface area contributed by atoms with Crippen LogP contribution in [0.3, 0.4) is 0 Å². The van der Waals surface area contributed by atoms with Gasteiger partial charge in [-0.1, -0.05) is 30.3 Å². The molecule has 1 aromatic carbocycles. The van der Waals surface area contributed by atoms with Crippen LogP contribution in [0, 0.1) is 5.21 Å². The summed E-state index contributed by atoms with van der Waals surface area (Å²) in [5.41, 5.74) is 2.06. The third-order valence-corrected chi connectivity index (χ3v) is 4.66. The molecule has 0 radical (unpaired) electrons. The fourth-order valence-electron chi connectivity index (χ4n) is 3.30. The first-order valence-electron chi connectivity index (χ1n) is 8.44. The van der Waals surface area contributed by atoms with Gasteiger partial charge >= 0.3 is 0 Å². The molecule has 7 heteroatoms. The Bertz CT molecular complexity index is 814. The highest BCUT2D eigenvalue weighted by Gasteiger charge is 2.27. The van der Waals surface area contributed by atoms with Gasteiger partial charge in [-0.2, -0.15) is 0 Å². The number of hydrogen-bond donors (Lipinski definition) is 0. The molecule has 7 nitrogen and oxygen atoms in total. The fourth-order valence-corrected chi connectivity index (χ4v) is 3.30. The van der Waals surface area contributed by atoms with Crippen molar-refractivity contribution in [2.75, 3.05) is 13.1 Å². The van der Waals surface area contributed by atoms with Gasteiger partial charge in [-0.25, -0.2) is 9.97 Å². The van der Waals surface area contributed by atoms with Gasteiger partial charge in [0.15, 0.2) is 0 Å². The van der Waals surface area contributed by atoms with E-state index in [0.29, 0.717) is 28.8 Å². The molecular weight excluding hydrogens is 318 g/mol. The highest BCUT2D eigenvalue weighted by Crippen LogP contribution is 2.27. The molecule has 0 amide bonds. The topological polar surface area (TPSA) is 82.0 Å². The van der Waals surface area contributed by atoms with E-state index in [-0.39, 0.29) is 0 Å². The van der Waals surface area contributed by atoms with Crippen molar-refractivity contribution in [3.63, 3.8) is 0 Å². The smallest absolute Gasteiger partial charge is 0.252 e. The van der Waals surface area contributed by atoms with Crippen LogP contribution in [0.2, 0.25) is 0 Å². The maximum atomic E-state index is 12.0. The maximum Gasteiger partial charge on any atom is 0.252 e. The van der Waals surface area contributed by atoms with Gasteiger partial charge in [-0.05, 0) is 36.9 Å². The lowest BCUT2D eigenvalue weighted by Gasteiger charge is -2.30. The number of piperidine rings is 1. The van der Waals surface area contributed by atoms with Crippen LogP contribution in [0.1, 0.15) is 30.3 Å². The van der Waals surface area contributed by atoms with E-state index in [9.17, 15) is 5.21 Å². The van der Waals surface area contributed by atoms with Crippen LogP contribution in [-0.2, 0) is 6.54 Å². The van der Waals surface area contributed by atoms with E-state index in [4.69, 9.17) is 4.63 Å². The van der Waals surface area contributed by atoms with Gasteiger partial charge in [-0.15, -0.1) is 0 Å². The number of nitrogens with zero attached hydrogens (tertiary/aromatic N) is 5. The predicted molar refractivity (Wildman–Crippen MR) is 90.2 cm³/mol. The van der Waals surface area contributed by atoms with Gasteiger partial charge in [0.1, 0.15) is 5.82 Å². The fraction of sp³-hybridized carbons (Fsp3) is 0.333. The summed E-state index contributed by atoms with van der Waals surface area (Å²) in [6.45, 7) is 2.31. The summed E-state index contributed by atoms with van der Waals surface area (Å²) in [5.74, 6) is 1.30. The first kappa shape index (κ1) is 15.7. The van der Waals surface area contributed by atoms with Crippen LogP contribution in [0.25, 0.3) is 11.3 Å². The Morgan fingerprint density at radius 2 is 1.80 bits per heavy atom. The van der Waals surface area contributed by atoms with Crippen LogP contribution in [0.15, 0.2) is 53.4 Å². The molecule has 128 valence electrons. The van der Waals surface area contributed by atoms with Crippen molar-refractivity contribution in [2.45, 2.75) is 25.3 Å². The number of hydrogen-bond acceptors (Lipinski definition) is 6. The van der Waals surface area contributed by atoms with Gasteiger partial charge in [0.2, 0.25) is 5.69 Å². The SMILES string of the molecule is [O-][n+]1onc(-c2ccccc2)c1CN1CCC(c2ncccn2)CC1. The standard InChI is InChI=1S/C18H19N5O2/c24-23-16(17(21-25-23)14-5-2-1-3-6-14)13-22-11-7-15(8-12-22)18-19-9-4-10-20-18/h1-6,9-10,15H,7-8,11-13H2. The molecule has 0 N–H and O–H groups in total. The highest BCUT2D eigenvalue weighted by atomic mass is 16.8. The number of likely N-dealkylation sites (tertiary alicyclic amines) is 1. The van der Waals surface area contributed by atoms with E-state index in [2.05, 4.69) is 20.0 Å². The molecule has 1 saturated heterocycles. The Labute approximate surface area is 145 Å². The third-order valence-electron chi connectivity index (χ3n) is 4.66. The second-order valence-electron chi connectivity index (χ2n) is 6.25. The summed E-state index contributed by atoms with van der Waals surface area (Å²) in [7, 11) is 0. The average Bonchev–Trinajstić information content (AvgIpc) is 3.04. The highest BCUT2D eigenvalue weighted by molar-refractivity contribution is 5.59. The largest absolute Gasteiger partial charge is 0.359 e. The summed E-state index contributed by atoms with van der Waals surface area (Å²) >= 11 is 0. The van der Waals surface area contributed by atoms with Crippen molar-refractivity contribution < 1.29 is 9.53 Å². The Balaban J connectivity index is 1.45. The molecule has 2 aromatic heterocycles. The molecule has 3 aromatic rings. The summed E-state index contributed by atoms with van der Waals surface area (Å²) in [4.78, 5) is 11.5. The molecule has 25 heavy (non-hydrogen) atoms. The van der Waals surface area contributed by atoms with Gasteiger partial charge in [-0.3, -0.25) is 9.53 Å². The van der Waals surface area contributed by atoms with Crippen molar-refractivity contribution in [1.29, 1.82) is 0 Å². The van der Waals surface area contributed by atoms with Crippen LogP contribution >= 0.6 is 0 Å². The van der Waals surface area contributed by atoms with E-state index in [1.165, 1.54) is 0 Å². The lowest BCUT2D eigenvalue weighted by Crippen LogP contribution is -2.38. The Morgan fingerprint density at radius 3 is 2.52 bits per heavy atom. The van der Waals surface area contributed by atoms with E-state index >= 15 is 0 Å². The normalized spacial score (nSPS) is 16.2. The first-order chi connectivity index (χ1) is 12.3. The summed E-state index contributed by atoms with van der Waals surface area (Å²) < 4.78 is 4.85. The van der Waals surface area contributed by atoms with Gasteiger partial charge in [0.25, 0.3) is 5.69 Å². The molecule has 1 aliphatic rings.